The Morgan fingerprint density at radius 1 is 0.857 bits per heavy atom. The van der Waals surface area contributed by atoms with Crippen molar-refractivity contribution in [2.75, 3.05) is 13.2 Å². The summed E-state index contributed by atoms with van der Waals surface area (Å²) < 4.78 is 17.3. The lowest BCUT2D eigenvalue weighted by atomic mass is 9.83. The molecule has 0 fully saturated rings. The second-order valence-corrected chi connectivity index (χ2v) is 13.3. The second-order valence-electron chi connectivity index (χ2n) is 13.3. The lowest BCUT2D eigenvalue weighted by Gasteiger charge is -2.38. The Morgan fingerprint density at radius 3 is 2.02 bits per heavy atom. The zero-order valence-corrected chi connectivity index (χ0v) is 28.0. The number of ether oxygens (including phenoxy) is 3. The first-order valence-electron chi connectivity index (χ1n) is 16.2. The van der Waals surface area contributed by atoms with Gasteiger partial charge in [0.1, 0.15) is 23.7 Å². The Hall–Kier alpha value is -2.12. The minimum absolute atomic E-state index is 0. The predicted octanol–water partition coefficient (Wildman–Crippen LogP) is 8.52. The lowest BCUT2D eigenvalue weighted by molar-refractivity contribution is -0.147. The molecule has 0 saturated heterocycles. The number of aliphatic hydroxyl groups excluding tert-OH is 1. The summed E-state index contributed by atoms with van der Waals surface area (Å²) in [7, 11) is 0. The maximum Gasteiger partial charge on any atom is 0.311 e. The summed E-state index contributed by atoms with van der Waals surface area (Å²) in [6.07, 6.45) is 13.2. The largest absolute Gasteiger partial charge is 0.487 e. The minimum atomic E-state index is -0.518. The van der Waals surface area contributed by atoms with Crippen molar-refractivity contribution in [3.8, 4) is 11.5 Å². The van der Waals surface area contributed by atoms with E-state index < -0.39 is 11.9 Å². The van der Waals surface area contributed by atoms with Crippen LogP contribution in [0, 0.1) is 38.5 Å². The molecule has 0 aliphatic carbocycles. The topological polar surface area (TPSA) is 117 Å². The molecule has 1 aliphatic rings. The Morgan fingerprint density at radius 2 is 1.43 bits per heavy atom. The zero-order valence-electron chi connectivity index (χ0n) is 28.0. The third-order valence-corrected chi connectivity index (χ3v) is 8.94. The summed E-state index contributed by atoms with van der Waals surface area (Å²) in [5.41, 5.74) is 3.78. The maximum absolute atomic E-state index is 12.5. The van der Waals surface area contributed by atoms with Gasteiger partial charge >= 0.3 is 11.9 Å². The standard InChI is InChI=1S/C35H58O6.H3N/c1-24(2)12-9-13-25(3)14-10-15-26(4)16-11-20-35(8)21-19-30-29(7)33(27(5)28(6)34(30)41-35)40-32(38)18-17-31(37)39-23-22-36;/h24-26,36H,9-23H2,1-8H3;1H3. The molecule has 7 heteroatoms. The Balaban J connectivity index is 0.00000882. The average Bonchev–Trinajstić information content (AvgIpc) is 2.91. The molecule has 0 bridgehead atoms. The van der Waals surface area contributed by atoms with Crippen LogP contribution in [0.4, 0.5) is 0 Å². The highest BCUT2D eigenvalue weighted by Gasteiger charge is 2.34. The normalized spacial score (nSPS) is 17.6. The fraction of sp³-hybridized carbons (Fsp3) is 0.771. The van der Waals surface area contributed by atoms with Gasteiger partial charge in [0.2, 0.25) is 0 Å². The van der Waals surface area contributed by atoms with Crippen molar-refractivity contribution in [3.05, 3.63) is 22.3 Å². The number of carbonyl (C=O) groups is 2. The van der Waals surface area contributed by atoms with Gasteiger partial charge in [0.05, 0.1) is 19.4 Å². The number of esters is 2. The zero-order chi connectivity index (χ0) is 30.6. The van der Waals surface area contributed by atoms with Crippen LogP contribution in [0.25, 0.3) is 0 Å². The van der Waals surface area contributed by atoms with Crippen molar-refractivity contribution >= 4 is 11.9 Å². The summed E-state index contributed by atoms with van der Waals surface area (Å²) in [6, 6.07) is 0. The number of carbonyl (C=O) groups excluding carboxylic acids is 2. The van der Waals surface area contributed by atoms with E-state index in [1.165, 1.54) is 51.4 Å². The molecular formula is C35H61NO6. The summed E-state index contributed by atoms with van der Waals surface area (Å²) in [6.45, 7) is 17.4. The Bertz CT molecular complexity index is 990. The van der Waals surface area contributed by atoms with Crippen LogP contribution >= 0.6 is 0 Å². The van der Waals surface area contributed by atoms with E-state index in [2.05, 4.69) is 34.6 Å². The van der Waals surface area contributed by atoms with Gasteiger partial charge in [-0.1, -0.05) is 72.6 Å². The SMILES string of the molecule is Cc1c(C)c2c(c(C)c1OC(=O)CCC(=O)OCCO)CCC(C)(CCCC(C)CCCC(C)CCCC(C)C)O2.N. The number of benzene rings is 1. The van der Waals surface area contributed by atoms with Crippen molar-refractivity contribution in [1.29, 1.82) is 0 Å². The molecular weight excluding hydrogens is 530 g/mol. The van der Waals surface area contributed by atoms with E-state index in [-0.39, 0.29) is 37.8 Å². The van der Waals surface area contributed by atoms with Gasteiger partial charge in [-0.15, -0.1) is 0 Å². The minimum Gasteiger partial charge on any atom is -0.487 e. The molecule has 4 N–H and O–H groups in total. The maximum atomic E-state index is 12.5. The number of aliphatic hydroxyl groups is 1. The van der Waals surface area contributed by atoms with E-state index in [1.54, 1.807) is 0 Å². The number of hydrogen-bond acceptors (Lipinski definition) is 7. The van der Waals surface area contributed by atoms with E-state index in [0.29, 0.717) is 5.75 Å². The van der Waals surface area contributed by atoms with Crippen LogP contribution in [0.1, 0.15) is 134 Å². The summed E-state index contributed by atoms with van der Waals surface area (Å²) in [4.78, 5) is 24.2. The van der Waals surface area contributed by atoms with Gasteiger partial charge in [0.25, 0.3) is 0 Å². The van der Waals surface area contributed by atoms with Gasteiger partial charge in [-0.25, -0.2) is 0 Å². The molecule has 1 aromatic carbocycles. The first-order chi connectivity index (χ1) is 19.4. The molecule has 0 amide bonds. The van der Waals surface area contributed by atoms with Crippen molar-refractivity contribution in [1.82, 2.24) is 6.15 Å². The first kappa shape index (κ1) is 37.9. The van der Waals surface area contributed by atoms with Crippen LogP contribution in [0.5, 0.6) is 11.5 Å². The van der Waals surface area contributed by atoms with Crippen LogP contribution in [0.3, 0.4) is 0 Å². The molecule has 242 valence electrons. The molecule has 3 unspecified atom stereocenters. The number of hydrogen-bond donors (Lipinski definition) is 2. The molecule has 3 atom stereocenters. The molecule has 1 aliphatic heterocycles. The van der Waals surface area contributed by atoms with E-state index >= 15 is 0 Å². The second kappa shape index (κ2) is 18.5. The molecule has 0 aromatic heterocycles. The monoisotopic (exact) mass is 591 g/mol. The van der Waals surface area contributed by atoms with Crippen LogP contribution in [-0.2, 0) is 20.7 Å². The summed E-state index contributed by atoms with van der Waals surface area (Å²) >= 11 is 0. The highest BCUT2D eigenvalue weighted by Crippen LogP contribution is 2.45. The third-order valence-electron chi connectivity index (χ3n) is 8.94. The summed E-state index contributed by atoms with van der Waals surface area (Å²) in [5.74, 6) is 2.95. The van der Waals surface area contributed by atoms with Gasteiger partial charge in [0.15, 0.2) is 0 Å². The van der Waals surface area contributed by atoms with E-state index in [1.807, 2.05) is 20.8 Å². The van der Waals surface area contributed by atoms with Crippen LogP contribution in [0.15, 0.2) is 0 Å². The molecule has 1 aromatic rings. The van der Waals surface area contributed by atoms with Gasteiger partial charge in [0, 0.05) is 5.56 Å². The van der Waals surface area contributed by atoms with Crippen LogP contribution in [-0.4, -0.2) is 35.9 Å². The van der Waals surface area contributed by atoms with E-state index in [4.69, 9.17) is 19.3 Å². The van der Waals surface area contributed by atoms with E-state index in [0.717, 1.165) is 65.0 Å². The molecule has 7 nitrogen and oxygen atoms in total. The smallest absolute Gasteiger partial charge is 0.311 e. The number of fused-ring (bicyclic) bond motifs is 1. The molecule has 0 saturated carbocycles. The fourth-order valence-corrected chi connectivity index (χ4v) is 6.01. The summed E-state index contributed by atoms with van der Waals surface area (Å²) in [5, 5.41) is 8.76. The third kappa shape index (κ3) is 12.2. The van der Waals surface area contributed by atoms with Crippen LogP contribution in [0.2, 0.25) is 0 Å². The van der Waals surface area contributed by atoms with Gasteiger partial charge in [-0.3, -0.25) is 9.59 Å². The predicted molar refractivity (Wildman–Crippen MR) is 171 cm³/mol. The molecule has 0 spiro atoms. The van der Waals surface area contributed by atoms with Crippen molar-refractivity contribution < 1.29 is 28.9 Å². The molecule has 2 rings (SSSR count). The lowest BCUT2D eigenvalue weighted by Crippen LogP contribution is -2.37. The average molecular weight is 592 g/mol. The highest BCUT2D eigenvalue weighted by molar-refractivity contribution is 5.80. The fourth-order valence-electron chi connectivity index (χ4n) is 6.01. The van der Waals surface area contributed by atoms with Gasteiger partial charge in [-0.05, 0) is 87.8 Å². The number of rotatable bonds is 18. The molecule has 42 heavy (non-hydrogen) atoms. The van der Waals surface area contributed by atoms with Crippen LogP contribution < -0.4 is 15.6 Å². The molecule has 0 radical (unpaired) electrons. The Labute approximate surface area is 256 Å². The molecule has 1 heterocycles. The van der Waals surface area contributed by atoms with Gasteiger partial charge in [-0.2, -0.15) is 0 Å². The van der Waals surface area contributed by atoms with Gasteiger partial charge < -0.3 is 25.5 Å². The van der Waals surface area contributed by atoms with E-state index in [9.17, 15) is 9.59 Å². The quantitative estimate of drug-likeness (QED) is 0.130. The van der Waals surface area contributed by atoms with Crippen molar-refractivity contribution in [2.45, 2.75) is 144 Å². The van der Waals surface area contributed by atoms with Crippen molar-refractivity contribution in [2.24, 2.45) is 17.8 Å². The Kier molecular flexibility index (Phi) is 16.7. The first-order valence-corrected chi connectivity index (χ1v) is 16.2. The van der Waals surface area contributed by atoms with Crippen molar-refractivity contribution in [3.63, 3.8) is 0 Å². The highest BCUT2D eigenvalue weighted by atomic mass is 16.5.